The van der Waals surface area contributed by atoms with E-state index in [1.165, 1.54) is 6.92 Å². The molecule has 5 N–H and O–H groups in total. The lowest BCUT2D eigenvalue weighted by Crippen LogP contribution is -2.36. The van der Waals surface area contributed by atoms with Crippen LogP contribution in [0.1, 0.15) is 77.0 Å². The van der Waals surface area contributed by atoms with E-state index in [1.807, 2.05) is 51.2 Å². The largest absolute Gasteiger partial charge is 0.477 e. The van der Waals surface area contributed by atoms with Crippen molar-refractivity contribution in [2.75, 3.05) is 13.1 Å². The summed E-state index contributed by atoms with van der Waals surface area (Å²) in [5.41, 5.74) is 4.60. The van der Waals surface area contributed by atoms with Gasteiger partial charge in [-0.3, -0.25) is 15.1 Å². The number of carboxylic acid groups (broad SMARTS) is 1. The van der Waals surface area contributed by atoms with Gasteiger partial charge in [-0.25, -0.2) is 19.6 Å². The van der Waals surface area contributed by atoms with Crippen LogP contribution in [0, 0.1) is 5.41 Å². The number of carboxylic acids is 1. The Morgan fingerprint density at radius 3 is 2.25 bits per heavy atom. The molecule has 0 spiro atoms. The number of aromatic nitrogens is 4. The lowest BCUT2D eigenvalue weighted by molar-refractivity contribution is -0.129. The average molecular weight is 690 g/mol. The number of nitrogens with zero attached hydrogens (tertiary/aromatic N) is 3. The maximum absolute atomic E-state index is 12.8. The van der Waals surface area contributed by atoms with E-state index >= 15 is 0 Å². The molecular formula is C39H43N7O5. The number of aromatic amines is 2. The van der Waals surface area contributed by atoms with E-state index in [9.17, 15) is 19.5 Å². The number of fused-ring (bicyclic) bond motifs is 1. The first-order chi connectivity index (χ1) is 24.4. The Balaban J connectivity index is 1.15. The Morgan fingerprint density at radius 1 is 0.941 bits per heavy atom. The smallest absolute Gasteiger partial charge is 0.410 e. The van der Waals surface area contributed by atoms with Crippen LogP contribution in [0.4, 0.5) is 4.79 Å². The highest BCUT2D eigenvalue weighted by atomic mass is 16.6. The number of imidazole rings is 2. The molecule has 2 atom stereocenters. The first-order valence-electron chi connectivity index (χ1n) is 17.2. The molecule has 12 nitrogen and oxygen atoms in total. The van der Waals surface area contributed by atoms with Gasteiger partial charge in [0, 0.05) is 25.6 Å². The topological polar surface area (TPSA) is 177 Å². The van der Waals surface area contributed by atoms with E-state index in [0.717, 1.165) is 63.1 Å². The molecule has 3 heterocycles. The minimum atomic E-state index is -1.29. The summed E-state index contributed by atoms with van der Waals surface area (Å²) in [7, 11) is 0. The summed E-state index contributed by atoms with van der Waals surface area (Å²) in [5.74, 6) is -1.00. The third kappa shape index (κ3) is 8.17. The second kappa shape index (κ2) is 14.6. The van der Waals surface area contributed by atoms with Crippen LogP contribution in [0.3, 0.4) is 0 Å². The number of hydrogen-bond donors (Lipinski definition) is 5. The van der Waals surface area contributed by atoms with Gasteiger partial charge in [-0.15, -0.1) is 0 Å². The van der Waals surface area contributed by atoms with Crippen LogP contribution < -0.4 is 5.32 Å². The average Bonchev–Trinajstić information content (AvgIpc) is 3.88. The molecule has 1 fully saturated rings. The van der Waals surface area contributed by atoms with Crippen molar-refractivity contribution in [3.05, 3.63) is 84.7 Å². The van der Waals surface area contributed by atoms with Crippen molar-refractivity contribution in [1.82, 2.24) is 30.2 Å². The summed E-state index contributed by atoms with van der Waals surface area (Å²) in [6.45, 7) is 8.08. The van der Waals surface area contributed by atoms with Crippen molar-refractivity contribution in [3.63, 3.8) is 0 Å². The Kier molecular flexibility index (Phi) is 10.0. The lowest BCUT2D eigenvalue weighted by atomic mass is 9.96. The van der Waals surface area contributed by atoms with Gasteiger partial charge in [0.05, 0.1) is 35.7 Å². The Bertz CT molecular complexity index is 2080. The summed E-state index contributed by atoms with van der Waals surface area (Å²) in [5, 5.41) is 22.5. The maximum atomic E-state index is 12.8. The minimum Gasteiger partial charge on any atom is -0.477 e. The fourth-order valence-electron chi connectivity index (χ4n) is 6.48. The number of benzene rings is 3. The van der Waals surface area contributed by atoms with E-state index in [2.05, 4.69) is 61.7 Å². The predicted molar refractivity (Wildman–Crippen MR) is 195 cm³/mol. The molecule has 51 heavy (non-hydrogen) atoms. The van der Waals surface area contributed by atoms with Crippen molar-refractivity contribution in [3.8, 4) is 33.6 Å². The first kappa shape index (κ1) is 35.1. The third-order valence-corrected chi connectivity index (χ3v) is 9.02. The molecule has 0 saturated carbocycles. The highest BCUT2D eigenvalue weighted by molar-refractivity contribution is 6.36. The monoisotopic (exact) mass is 689 g/mol. The first-order valence-corrected chi connectivity index (χ1v) is 17.2. The van der Waals surface area contributed by atoms with Crippen molar-refractivity contribution in [1.29, 1.82) is 5.41 Å². The molecule has 1 saturated heterocycles. The summed E-state index contributed by atoms with van der Waals surface area (Å²) < 4.78 is 5.63. The molecule has 5 aromatic rings. The summed E-state index contributed by atoms with van der Waals surface area (Å²) >= 11 is 0. The van der Waals surface area contributed by atoms with Crippen molar-refractivity contribution in [2.45, 2.75) is 70.9 Å². The van der Waals surface area contributed by atoms with Gasteiger partial charge in [-0.1, -0.05) is 48.5 Å². The normalized spacial score (nSPS) is 15.1. The fraction of sp³-hybridized carbons (Fsp3) is 0.333. The molecule has 264 valence electrons. The number of aliphatic carboxylic acids is 1. The third-order valence-electron chi connectivity index (χ3n) is 9.02. The van der Waals surface area contributed by atoms with Gasteiger partial charge in [0.2, 0.25) is 5.91 Å². The van der Waals surface area contributed by atoms with Gasteiger partial charge in [0.1, 0.15) is 23.0 Å². The predicted octanol–water partition coefficient (Wildman–Crippen LogP) is 7.46. The number of ether oxygens (including phenoxy) is 1. The lowest BCUT2D eigenvalue weighted by Gasteiger charge is -2.27. The molecule has 0 aliphatic carbocycles. The number of rotatable bonds is 11. The van der Waals surface area contributed by atoms with Crippen LogP contribution in [0.15, 0.2) is 73.1 Å². The molecule has 6 rings (SSSR count). The second-order valence-electron chi connectivity index (χ2n) is 13.9. The summed E-state index contributed by atoms with van der Waals surface area (Å²) in [4.78, 5) is 53.2. The molecule has 0 bridgehead atoms. The quantitative estimate of drug-likeness (QED) is 0.0706. The van der Waals surface area contributed by atoms with E-state index in [1.54, 1.807) is 11.1 Å². The number of likely N-dealkylation sites (tertiary alicyclic amines) is 1. The van der Waals surface area contributed by atoms with E-state index in [-0.39, 0.29) is 18.0 Å². The molecule has 2 aromatic heterocycles. The summed E-state index contributed by atoms with van der Waals surface area (Å²) in [6, 6.07) is 20.5. The maximum Gasteiger partial charge on any atom is 0.410 e. The Hall–Kier alpha value is -5.78. The standard InChI is InChI=1S/C39H43N7O5/c1-23(47)41-17-5-7-30(34(40)37(48)49)35-42-21-31(44-35)25-11-9-24(10-12-25)26-13-14-28-20-29(16-15-27(28)19-26)32-22-43-36(45-32)33-8-6-18-46(33)38(50)51-39(2,3)4/h9-16,19-22,30,33,40H,5-8,17-18H2,1-4H3,(H,41,47)(H,42,44)(H,43,45)(H,48,49). The Morgan fingerprint density at radius 2 is 1.57 bits per heavy atom. The van der Waals surface area contributed by atoms with E-state index < -0.39 is 23.2 Å². The number of carbonyl (C=O) groups excluding carboxylic acids is 2. The van der Waals surface area contributed by atoms with Gasteiger partial charge >= 0.3 is 12.1 Å². The van der Waals surface area contributed by atoms with Crippen LogP contribution >= 0.6 is 0 Å². The highest BCUT2D eigenvalue weighted by Crippen LogP contribution is 2.34. The second-order valence-corrected chi connectivity index (χ2v) is 13.9. The number of nitrogens with one attached hydrogen (secondary N) is 4. The fourth-order valence-corrected chi connectivity index (χ4v) is 6.48. The van der Waals surface area contributed by atoms with Crippen LogP contribution in [-0.4, -0.2) is 72.3 Å². The molecule has 3 aromatic carbocycles. The van der Waals surface area contributed by atoms with Gasteiger partial charge < -0.3 is 25.1 Å². The molecule has 0 radical (unpaired) electrons. The van der Waals surface area contributed by atoms with Gasteiger partial charge in [0.15, 0.2) is 0 Å². The molecule has 1 aliphatic heterocycles. The van der Waals surface area contributed by atoms with Gasteiger partial charge in [-0.2, -0.15) is 0 Å². The van der Waals surface area contributed by atoms with Crippen molar-refractivity contribution in [2.24, 2.45) is 0 Å². The number of amides is 2. The molecule has 2 amide bonds. The number of carbonyl (C=O) groups is 3. The molecule has 2 unspecified atom stereocenters. The van der Waals surface area contributed by atoms with Crippen molar-refractivity contribution < 1.29 is 24.2 Å². The zero-order valence-electron chi connectivity index (χ0n) is 29.2. The number of hydrogen-bond acceptors (Lipinski definition) is 7. The van der Waals surface area contributed by atoms with Crippen LogP contribution in [0.25, 0.3) is 44.4 Å². The highest BCUT2D eigenvalue weighted by Gasteiger charge is 2.35. The molecule has 12 heteroatoms. The number of H-pyrrole nitrogens is 2. The zero-order valence-corrected chi connectivity index (χ0v) is 29.2. The van der Waals surface area contributed by atoms with Gasteiger partial charge in [-0.05, 0) is 86.1 Å². The van der Waals surface area contributed by atoms with Crippen LogP contribution in [-0.2, 0) is 14.3 Å². The van der Waals surface area contributed by atoms with E-state index in [0.29, 0.717) is 31.8 Å². The Labute approximate surface area is 296 Å². The summed E-state index contributed by atoms with van der Waals surface area (Å²) in [6.07, 6.45) is 5.77. The van der Waals surface area contributed by atoms with Crippen LogP contribution in [0.5, 0.6) is 0 Å². The van der Waals surface area contributed by atoms with Crippen molar-refractivity contribution >= 4 is 34.5 Å². The van der Waals surface area contributed by atoms with E-state index in [4.69, 9.17) is 10.1 Å². The molecular weight excluding hydrogens is 646 g/mol. The zero-order chi connectivity index (χ0) is 36.3. The van der Waals surface area contributed by atoms with Gasteiger partial charge in [0.25, 0.3) is 0 Å². The van der Waals surface area contributed by atoms with Crippen LogP contribution in [0.2, 0.25) is 0 Å². The minimum absolute atomic E-state index is 0.145. The molecule has 1 aliphatic rings. The SMILES string of the molecule is CC(=O)NCCCC(C(=N)C(=O)O)c1ncc(-c2ccc(-c3ccc4cc(-c5cnc(C6CCCN6C(=O)OC(C)(C)C)[nH]5)ccc4c3)cc2)[nH]1.